The van der Waals surface area contributed by atoms with E-state index in [9.17, 15) is 8.78 Å². The Balaban J connectivity index is 2.98. The van der Waals surface area contributed by atoms with Gasteiger partial charge >= 0.3 is 0 Å². The summed E-state index contributed by atoms with van der Waals surface area (Å²) >= 11 is 0. The predicted molar refractivity (Wildman–Crippen MR) is 54.7 cm³/mol. The number of nitrogens with one attached hydrogen (secondary N) is 1. The van der Waals surface area contributed by atoms with Gasteiger partial charge in [-0.2, -0.15) is 0 Å². The van der Waals surface area contributed by atoms with E-state index in [2.05, 4.69) is 5.32 Å². The molecule has 0 aliphatic carbocycles. The van der Waals surface area contributed by atoms with E-state index in [1.807, 2.05) is 6.92 Å². The zero-order chi connectivity index (χ0) is 11.3. The van der Waals surface area contributed by atoms with Crippen LogP contribution in [-0.4, -0.2) is 20.3 Å². The Kier molecular flexibility index (Phi) is 4.65. The fourth-order valence-electron chi connectivity index (χ4n) is 1.50. The molecule has 0 aliphatic heterocycles. The second-order valence-electron chi connectivity index (χ2n) is 3.20. The minimum Gasteiger partial charge on any atom is -0.383 e. The topological polar surface area (TPSA) is 21.3 Å². The van der Waals surface area contributed by atoms with Crippen LogP contribution in [0.3, 0.4) is 0 Å². The molecule has 84 valence electrons. The molecule has 0 aromatic heterocycles. The SMILES string of the molecule is CCNC(COC)c1c(F)cccc1F. The van der Waals surface area contributed by atoms with Gasteiger partial charge in [-0.05, 0) is 18.7 Å². The van der Waals surface area contributed by atoms with E-state index in [-0.39, 0.29) is 12.2 Å². The molecule has 0 heterocycles. The van der Waals surface area contributed by atoms with Crippen LogP contribution in [0.1, 0.15) is 18.5 Å². The van der Waals surface area contributed by atoms with Gasteiger partial charge in [-0.1, -0.05) is 13.0 Å². The molecular weight excluding hydrogens is 200 g/mol. The van der Waals surface area contributed by atoms with Crippen molar-refractivity contribution < 1.29 is 13.5 Å². The van der Waals surface area contributed by atoms with Crippen molar-refractivity contribution in [2.24, 2.45) is 0 Å². The van der Waals surface area contributed by atoms with Gasteiger partial charge in [-0.15, -0.1) is 0 Å². The number of ether oxygens (including phenoxy) is 1. The summed E-state index contributed by atoms with van der Waals surface area (Å²) in [5.74, 6) is -1.09. The van der Waals surface area contributed by atoms with Crippen molar-refractivity contribution in [3.05, 3.63) is 35.4 Å². The molecule has 0 radical (unpaired) electrons. The lowest BCUT2D eigenvalue weighted by atomic mass is 10.1. The molecule has 0 saturated heterocycles. The molecule has 1 rings (SSSR count). The molecule has 0 spiro atoms. The summed E-state index contributed by atoms with van der Waals surface area (Å²) in [6.45, 7) is 2.74. The summed E-state index contributed by atoms with van der Waals surface area (Å²) in [5.41, 5.74) is 0.0428. The number of halogens is 2. The summed E-state index contributed by atoms with van der Waals surface area (Å²) in [6, 6.07) is 3.40. The van der Waals surface area contributed by atoms with E-state index >= 15 is 0 Å². The van der Waals surface area contributed by atoms with E-state index in [1.54, 1.807) is 0 Å². The van der Waals surface area contributed by atoms with Gasteiger partial charge in [0.2, 0.25) is 0 Å². The average molecular weight is 215 g/mol. The zero-order valence-corrected chi connectivity index (χ0v) is 8.89. The predicted octanol–water partition coefficient (Wildman–Crippen LogP) is 2.26. The number of hydrogen-bond acceptors (Lipinski definition) is 2. The quantitative estimate of drug-likeness (QED) is 0.813. The van der Waals surface area contributed by atoms with E-state index in [0.717, 1.165) is 0 Å². The number of methoxy groups -OCH3 is 1. The number of rotatable bonds is 5. The third-order valence-corrected chi connectivity index (χ3v) is 2.13. The molecule has 0 aliphatic rings. The van der Waals surface area contributed by atoms with Crippen LogP contribution in [0.2, 0.25) is 0 Å². The van der Waals surface area contributed by atoms with E-state index in [1.165, 1.54) is 25.3 Å². The first-order valence-electron chi connectivity index (χ1n) is 4.87. The Labute approximate surface area is 88.3 Å². The first kappa shape index (κ1) is 12.1. The summed E-state index contributed by atoms with van der Waals surface area (Å²) in [4.78, 5) is 0. The van der Waals surface area contributed by atoms with Crippen LogP contribution in [0.5, 0.6) is 0 Å². The zero-order valence-electron chi connectivity index (χ0n) is 8.89. The lowest BCUT2D eigenvalue weighted by Crippen LogP contribution is -2.26. The minimum absolute atomic E-state index is 0.0428. The van der Waals surface area contributed by atoms with Gasteiger partial charge in [0.25, 0.3) is 0 Å². The summed E-state index contributed by atoms with van der Waals surface area (Å²) in [6.07, 6.45) is 0. The Hall–Kier alpha value is -1.00. The van der Waals surface area contributed by atoms with Crippen molar-refractivity contribution in [3.8, 4) is 0 Å². The molecular formula is C11H15F2NO. The largest absolute Gasteiger partial charge is 0.383 e. The van der Waals surface area contributed by atoms with Gasteiger partial charge in [0.15, 0.2) is 0 Å². The molecule has 1 aromatic carbocycles. The summed E-state index contributed by atoms with van der Waals surface area (Å²) < 4.78 is 31.7. The third kappa shape index (κ3) is 2.97. The second-order valence-corrected chi connectivity index (χ2v) is 3.20. The Morgan fingerprint density at radius 1 is 1.33 bits per heavy atom. The molecule has 0 fully saturated rings. The maximum absolute atomic E-state index is 13.4. The van der Waals surface area contributed by atoms with Crippen LogP contribution in [0.15, 0.2) is 18.2 Å². The molecule has 1 atom stereocenters. The smallest absolute Gasteiger partial charge is 0.131 e. The first-order valence-corrected chi connectivity index (χ1v) is 4.87. The fourth-order valence-corrected chi connectivity index (χ4v) is 1.50. The van der Waals surface area contributed by atoms with Gasteiger partial charge in [0.05, 0.1) is 12.6 Å². The highest BCUT2D eigenvalue weighted by atomic mass is 19.1. The highest BCUT2D eigenvalue weighted by Crippen LogP contribution is 2.20. The monoisotopic (exact) mass is 215 g/mol. The molecule has 0 saturated carbocycles. The van der Waals surface area contributed by atoms with Crippen molar-refractivity contribution in [2.75, 3.05) is 20.3 Å². The van der Waals surface area contributed by atoms with Crippen LogP contribution in [-0.2, 0) is 4.74 Å². The molecule has 1 N–H and O–H groups in total. The van der Waals surface area contributed by atoms with Crippen molar-refractivity contribution in [2.45, 2.75) is 13.0 Å². The van der Waals surface area contributed by atoms with Gasteiger partial charge in [-0.25, -0.2) is 8.78 Å². The molecule has 1 unspecified atom stereocenters. The van der Waals surface area contributed by atoms with Crippen LogP contribution in [0.4, 0.5) is 8.78 Å². The van der Waals surface area contributed by atoms with Crippen molar-refractivity contribution in [3.63, 3.8) is 0 Å². The van der Waals surface area contributed by atoms with Crippen LogP contribution in [0.25, 0.3) is 0 Å². The highest BCUT2D eigenvalue weighted by Gasteiger charge is 2.18. The Morgan fingerprint density at radius 3 is 2.40 bits per heavy atom. The second kappa shape index (κ2) is 5.78. The molecule has 1 aromatic rings. The molecule has 0 bridgehead atoms. The number of benzene rings is 1. The number of likely N-dealkylation sites (N-methyl/N-ethyl adjacent to an activating group) is 1. The molecule has 15 heavy (non-hydrogen) atoms. The van der Waals surface area contributed by atoms with Crippen molar-refractivity contribution in [1.29, 1.82) is 0 Å². The summed E-state index contributed by atoms with van der Waals surface area (Å²) in [5, 5.41) is 2.98. The standard InChI is InChI=1S/C11H15F2NO/c1-3-14-10(7-15-2)11-8(12)5-4-6-9(11)13/h4-6,10,14H,3,7H2,1-2H3. The van der Waals surface area contributed by atoms with Crippen LogP contribution in [0, 0.1) is 11.6 Å². The van der Waals surface area contributed by atoms with E-state index in [0.29, 0.717) is 6.54 Å². The van der Waals surface area contributed by atoms with Crippen molar-refractivity contribution >= 4 is 0 Å². The van der Waals surface area contributed by atoms with Gasteiger partial charge in [0.1, 0.15) is 11.6 Å². The number of hydrogen-bond donors (Lipinski definition) is 1. The molecule has 4 heteroatoms. The van der Waals surface area contributed by atoms with E-state index < -0.39 is 17.7 Å². The molecule has 2 nitrogen and oxygen atoms in total. The average Bonchev–Trinajstić information content (AvgIpc) is 2.18. The maximum Gasteiger partial charge on any atom is 0.131 e. The molecule has 0 amide bonds. The van der Waals surface area contributed by atoms with Gasteiger partial charge in [0, 0.05) is 12.7 Å². The van der Waals surface area contributed by atoms with Gasteiger partial charge in [-0.3, -0.25) is 0 Å². The lowest BCUT2D eigenvalue weighted by molar-refractivity contribution is 0.164. The lowest BCUT2D eigenvalue weighted by Gasteiger charge is -2.18. The Morgan fingerprint density at radius 2 is 1.93 bits per heavy atom. The van der Waals surface area contributed by atoms with Crippen molar-refractivity contribution in [1.82, 2.24) is 5.32 Å². The summed E-state index contributed by atoms with van der Waals surface area (Å²) in [7, 11) is 1.50. The first-order chi connectivity index (χ1) is 7.20. The minimum atomic E-state index is -0.544. The van der Waals surface area contributed by atoms with Crippen LogP contribution >= 0.6 is 0 Å². The third-order valence-electron chi connectivity index (χ3n) is 2.13. The van der Waals surface area contributed by atoms with E-state index in [4.69, 9.17) is 4.74 Å². The normalized spacial score (nSPS) is 12.8. The highest BCUT2D eigenvalue weighted by molar-refractivity contribution is 5.23. The van der Waals surface area contributed by atoms with Gasteiger partial charge < -0.3 is 10.1 Å². The fraction of sp³-hybridized carbons (Fsp3) is 0.455. The maximum atomic E-state index is 13.4. The Bertz CT molecular complexity index is 291. The van der Waals surface area contributed by atoms with Crippen LogP contribution < -0.4 is 5.32 Å².